The van der Waals surface area contributed by atoms with Gasteiger partial charge in [-0.15, -0.1) is 0 Å². The second kappa shape index (κ2) is 11.5. The lowest BCUT2D eigenvalue weighted by molar-refractivity contribution is -0.307. The number of hydrogen-bond acceptors (Lipinski definition) is 6. The fourth-order valence-electron chi connectivity index (χ4n) is 4.30. The molecule has 0 unspecified atom stereocenters. The molecule has 2 atom stereocenters. The third kappa shape index (κ3) is 6.56. The Kier molecular flexibility index (Phi) is 8.12. The van der Waals surface area contributed by atoms with Crippen LogP contribution in [-0.2, 0) is 17.9 Å². The van der Waals surface area contributed by atoms with Crippen LogP contribution in [0.4, 0.5) is 4.39 Å². The van der Waals surface area contributed by atoms with Crippen LogP contribution in [0.2, 0.25) is 0 Å². The number of nitrogens with zero attached hydrogens (tertiary/aromatic N) is 2. The molecule has 190 valence electrons. The molecule has 0 radical (unpaired) electrons. The van der Waals surface area contributed by atoms with Crippen molar-refractivity contribution in [3.8, 4) is 11.4 Å². The molecule has 9 heteroatoms. The van der Waals surface area contributed by atoms with Gasteiger partial charge in [0.25, 0.3) is 5.91 Å². The van der Waals surface area contributed by atoms with Crippen molar-refractivity contribution in [1.82, 2.24) is 14.9 Å². The van der Waals surface area contributed by atoms with Crippen LogP contribution in [0.1, 0.15) is 59.8 Å². The van der Waals surface area contributed by atoms with Crippen molar-refractivity contribution in [2.24, 2.45) is 0 Å². The summed E-state index contributed by atoms with van der Waals surface area (Å²) in [5.74, 6) is -1.45. The summed E-state index contributed by atoms with van der Waals surface area (Å²) in [6.07, 6.45) is -0.836. The SMILES string of the molecule is O=C([O-])C[C@H](O)C[C@H](O)CCn1c(-c2ccc(F)cc2)nc(C(=O)NCc2ccccc2)c1C1CC1. The van der Waals surface area contributed by atoms with Crippen LogP contribution in [0, 0.1) is 5.82 Å². The third-order valence-electron chi connectivity index (χ3n) is 6.22. The number of aliphatic carboxylic acids is 1. The minimum absolute atomic E-state index is 0.113. The Labute approximate surface area is 208 Å². The van der Waals surface area contributed by atoms with Crippen molar-refractivity contribution < 1.29 is 29.3 Å². The van der Waals surface area contributed by atoms with Crippen LogP contribution < -0.4 is 10.4 Å². The highest BCUT2D eigenvalue weighted by Gasteiger charge is 2.35. The highest BCUT2D eigenvalue weighted by atomic mass is 19.1. The maximum Gasteiger partial charge on any atom is 0.272 e. The first-order valence-corrected chi connectivity index (χ1v) is 12.1. The number of halogens is 1. The lowest BCUT2D eigenvalue weighted by atomic mass is 10.1. The van der Waals surface area contributed by atoms with Gasteiger partial charge in [0, 0.05) is 37.0 Å². The summed E-state index contributed by atoms with van der Waals surface area (Å²) in [5, 5.41) is 33.9. The van der Waals surface area contributed by atoms with Crippen LogP contribution in [0.5, 0.6) is 0 Å². The summed E-state index contributed by atoms with van der Waals surface area (Å²) in [4.78, 5) is 28.6. The summed E-state index contributed by atoms with van der Waals surface area (Å²) in [7, 11) is 0. The zero-order valence-corrected chi connectivity index (χ0v) is 19.8. The molecular weight excluding hydrogens is 465 g/mol. The van der Waals surface area contributed by atoms with Gasteiger partial charge in [0.2, 0.25) is 0 Å². The molecule has 1 heterocycles. The minimum atomic E-state index is -1.38. The smallest absolute Gasteiger partial charge is 0.272 e. The zero-order chi connectivity index (χ0) is 25.7. The van der Waals surface area contributed by atoms with E-state index in [1.165, 1.54) is 12.1 Å². The average Bonchev–Trinajstić information content (AvgIpc) is 3.61. The third-order valence-corrected chi connectivity index (χ3v) is 6.22. The molecule has 1 aliphatic carbocycles. The normalized spacial score (nSPS) is 14.9. The molecular formula is C27H29FN3O5-. The second-order valence-corrected chi connectivity index (χ2v) is 9.18. The summed E-state index contributed by atoms with van der Waals surface area (Å²) in [6, 6.07) is 15.4. The molecule has 1 aliphatic rings. The van der Waals surface area contributed by atoms with Gasteiger partial charge >= 0.3 is 0 Å². The molecule has 2 aromatic carbocycles. The van der Waals surface area contributed by atoms with Crippen LogP contribution in [0.15, 0.2) is 54.6 Å². The quantitative estimate of drug-likeness (QED) is 0.354. The van der Waals surface area contributed by atoms with Gasteiger partial charge in [0.05, 0.1) is 17.9 Å². The molecule has 0 spiro atoms. The van der Waals surface area contributed by atoms with Crippen molar-refractivity contribution in [3.05, 3.63) is 77.4 Å². The molecule has 1 aromatic heterocycles. The molecule has 1 amide bonds. The maximum absolute atomic E-state index is 13.6. The number of carbonyl (C=O) groups excluding carboxylic acids is 2. The Morgan fingerprint density at radius 3 is 2.42 bits per heavy atom. The van der Waals surface area contributed by atoms with Gasteiger partial charge in [-0.3, -0.25) is 4.79 Å². The molecule has 3 aromatic rings. The van der Waals surface area contributed by atoms with E-state index in [1.807, 2.05) is 34.9 Å². The molecule has 4 rings (SSSR count). The molecule has 3 N–H and O–H groups in total. The van der Waals surface area contributed by atoms with Gasteiger partial charge in [-0.05, 0) is 55.5 Å². The van der Waals surface area contributed by atoms with E-state index in [1.54, 1.807) is 12.1 Å². The number of carboxylic acid groups (broad SMARTS) is 1. The van der Waals surface area contributed by atoms with Crippen molar-refractivity contribution in [3.63, 3.8) is 0 Å². The van der Waals surface area contributed by atoms with Crippen molar-refractivity contribution in [1.29, 1.82) is 0 Å². The number of benzene rings is 2. The maximum atomic E-state index is 13.6. The molecule has 1 saturated carbocycles. The number of aromatic nitrogens is 2. The zero-order valence-electron chi connectivity index (χ0n) is 19.8. The van der Waals surface area contributed by atoms with Crippen LogP contribution in [0.25, 0.3) is 11.4 Å². The number of nitrogens with one attached hydrogen (secondary N) is 1. The van der Waals surface area contributed by atoms with Crippen LogP contribution in [0.3, 0.4) is 0 Å². The second-order valence-electron chi connectivity index (χ2n) is 9.18. The average molecular weight is 495 g/mol. The predicted molar refractivity (Wildman–Crippen MR) is 128 cm³/mol. The Morgan fingerprint density at radius 1 is 1.08 bits per heavy atom. The highest BCUT2D eigenvalue weighted by Crippen LogP contribution is 2.43. The van der Waals surface area contributed by atoms with E-state index in [2.05, 4.69) is 10.3 Å². The van der Waals surface area contributed by atoms with E-state index >= 15 is 0 Å². The summed E-state index contributed by atoms with van der Waals surface area (Å²) in [6.45, 7) is 0.633. The lowest BCUT2D eigenvalue weighted by Gasteiger charge is -2.18. The lowest BCUT2D eigenvalue weighted by Crippen LogP contribution is -2.29. The number of hydrogen-bond donors (Lipinski definition) is 3. The highest BCUT2D eigenvalue weighted by molar-refractivity contribution is 5.94. The van der Waals surface area contributed by atoms with E-state index in [0.717, 1.165) is 24.1 Å². The molecule has 36 heavy (non-hydrogen) atoms. The van der Waals surface area contributed by atoms with Gasteiger partial charge in [0.15, 0.2) is 0 Å². The molecule has 8 nitrogen and oxygen atoms in total. The Morgan fingerprint density at radius 2 is 1.78 bits per heavy atom. The first-order chi connectivity index (χ1) is 17.3. The van der Waals surface area contributed by atoms with E-state index in [-0.39, 0.29) is 31.2 Å². The monoisotopic (exact) mass is 494 g/mol. The first-order valence-electron chi connectivity index (χ1n) is 12.1. The number of rotatable bonds is 12. The Balaban J connectivity index is 1.60. The molecule has 0 aliphatic heterocycles. The minimum Gasteiger partial charge on any atom is -0.550 e. The number of aliphatic hydroxyl groups is 2. The Hall–Kier alpha value is -3.56. The largest absolute Gasteiger partial charge is 0.550 e. The van der Waals surface area contributed by atoms with Gasteiger partial charge in [-0.25, -0.2) is 9.37 Å². The fraction of sp³-hybridized carbons (Fsp3) is 0.370. The van der Waals surface area contributed by atoms with Crippen molar-refractivity contribution >= 4 is 11.9 Å². The first kappa shape index (κ1) is 25.5. The van der Waals surface area contributed by atoms with Gasteiger partial charge in [-0.2, -0.15) is 0 Å². The fourth-order valence-corrected chi connectivity index (χ4v) is 4.30. The van der Waals surface area contributed by atoms with Gasteiger partial charge < -0.3 is 30.0 Å². The summed E-state index contributed by atoms with van der Waals surface area (Å²) >= 11 is 0. The van der Waals surface area contributed by atoms with E-state index in [9.17, 15) is 29.3 Å². The standard InChI is InChI=1S/C27H30FN3O5/c28-20-10-8-19(9-11-20)26-30-24(27(36)29-16-17-4-2-1-3-5-17)25(18-6-7-18)31(26)13-12-21(32)14-22(33)15-23(34)35/h1-5,8-11,18,21-22,32-33H,6-7,12-16H2,(H,29,36)(H,34,35)/p-1/t21-,22-/m1/s1. The predicted octanol–water partition coefficient (Wildman–Crippen LogP) is 2.14. The van der Waals surface area contributed by atoms with Crippen molar-refractivity contribution in [2.45, 2.75) is 63.3 Å². The number of carbonyl (C=O) groups is 2. The van der Waals surface area contributed by atoms with E-state index < -0.39 is 30.4 Å². The number of aliphatic hydroxyl groups excluding tert-OH is 2. The van der Waals surface area contributed by atoms with Crippen LogP contribution >= 0.6 is 0 Å². The number of amides is 1. The Bertz CT molecular complexity index is 1190. The number of carboxylic acids is 1. The van der Waals surface area contributed by atoms with Crippen LogP contribution in [-0.4, -0.2) is 43.8 Å². The van der Waals surface area contributed by atoms with Gasteiger partial charge in [-0.1, -0.05) is 30.3 Å². The summed E-state index contributed by atoms with van der Waals surface area (Å²) < 4.78 is 15.5. The summed E-state index contributed by atoms with van der Waals surface area (Å²) in [5.41, 5.74) is 2.66. The van der Waals surface area contributed by atoms with E-state index in [4.69, 9.17) is 0 Å². The van der Waals surface area contributed by atoms with Crippen molar-refractivity contribution in [2.75, 3.05) is 0 Å². The molecule has 0 saturated heterocycles. The number of imidazole rings is 1. The van der Waals surface area contributed by atoms with Gasteiger partial charge in [0.1, 0.15) is 17.3 Å². The topological polar surface area (TPSA) is 128 Å². The molecule has 1 fully saturated rings. The molecule has 0 bridgehead atoms. The van der Waals surface area contributed by atoms with E-state index in [0.29, 0.717) is 23.6 Å².